The van der Waals surface area contributed by atoms with Crippen molar-refractivity contribution < 1.29 is 0 Å². The quantitative estimate of drug-likeness (QED) is 0.0935. The maximum Gasteiger partial charge on any atom is 0.109 e. The predicted molar refractivity (Wildman–Crippen MR) is 162 cm³/mol. The standard InChI is InChI=1S/C33H64Si/c1-7-10-13-16-19-22-25-31(4)28-34(29-32(5)26-23-20-17-14-11-8-2)30-33(6)27-24-21-18-15-12-9-3/h28-30,34H,7-27H2,1-6H3. The molecule has 200 valence electrons. The Morgan fingerprint density at radius 2 is 0.618 bits per heavy atom. The van der Waals surface area contributed by atoms with E-state index in [-0.39, 0.29) is 0 Å². The fourth-order valence-electron chi connectivity index (χ4n) is 4.93. The molecule has 0 spiro atoms. The Labute approximate surface area is 218 Å². The molecule has 0 aromatic rings. The molecule has 0 saturated heterocycles. The molecule has 0 heterocycles. The molecular weight excluding hydrogens is 424 g/mol. The van der Waals surface area contributed by atoms with Gasteiger partial charge in [0.25, 0.3) is 0 Å². The van der Waals surface area contributed by atoms with Crippen LogP contribution >= 0.6 is 0 Å². The van der Waals surface area contributed by atoms with E-state index >= 15 is 0 Å². The molecule has 0 nitrogen and oxygen atoms in total. The van der Waals surface area contributed by atoms with Gasteiger partial charge >= 0.3 is 0 Å². The summed E-state index contributed by atoms with van der Waals surface area (Å²) in [5.41, 5.74) is 13.1. The monoisotopic (exact) mass is 488 g/mol. The van der Waals surface area contributed by atoms with Crippen LogP contribution in [0.25, 0.3) is 0 Å². The van der Waals surface area contributed by atoms with E-state index in [9.17, 15) is 0 Å². The van der Waals surface area contributed by atoms with Gasteiger partial charge in [0, 0.05) is 0 Å². The van der Waals surface area contributed by atoms with E-state index in [1.165, 1.54) is 135 Å². The molecule has 0 radical (unpaired) electrons. The molecule has 0 aromatic heterocycles. The molecule has 0 amide bonds. The lowest BCUT2D eigenvalue weighted by atomic mass is 10.1. The molecule has 0 fully saturated rings. The molecule has 0 unspecified atom stereocenters. The normalized spacial score (nSPS) is 14.1. The number of hydrogen-bond donors (Lipinski definition) is 0. The highest BCUT2D eigenvalue weighted by Crippen LogP contribution is 2.17. The van der Waals surface area contributed by atoms with Crippen LogP contribution in [0.2, 0.25) is 0 Å². The van der Waals surface area contributed by atoms with Crippen molar-refractivity contribution in [3.63, 3.8) is 0 Å². The van der Waals surface area contributed by atoms with E-state index in [0.29, 0.717) is 0 Å². The first kappa shape index (κ1) is 33.4. The van der Waals surface area contributed by atoms with E-state index in [1.54, 1.807) is 16.7 Å². The number of hydrogen-bond acceptors (Lipinski definition) is 0. The fraction of sp³-hybridized carbons (Fsp3) is 0.818. The van der Waals surface area contributed by atoms with Crippen LogP contribution < -0.4 is 0 Å². The summed E-state index contributed by atoms with van der Waals surface area (Å²) in [6.07, 6.45) is 29.2. The Balaban J connectivity index is 4.79. The molecule has 0 aromatic carbocycles. The van der Waals surface area contributed by atoms with Gasteiger partial charge in [-0.25, -0.2) is 0 Å². The van der Waals surface area contributed by atoms with Gasteiger partial charge in [-0.05, 0) is 59.3 Å². The van der Waals surface area contributed by atoms with Crippen LogP contribution in [0.1, 0.15) is 176 Å². The third kappa shape index (κ3) is 23.2. The van der Waals surface area contributed by atoms with Gasteiger partial charge in [-0.15, -0.1) is 0 Å². The SMILES string of the molecule is CCCCCCCCC(C)=C[SiH](C=C(C)CCCCCCCC)C=C(C)CCCCCCCC. The van der Waals surface area contributed by atoms with Crippen LogP contribution in [0.4, 0.5) is 0 Å². The first-order valence-electron chi connectivity index (χ1n) is 15.5. The van der Waals surface area contributed by atoms with Crippen LogP contribution in [-0.2, 0) is 0 Å². The highest BCUT2D eigenvalue weighted by Gasteiger charge is 2.05. The van der Waals surface area contributed by atoms with Crippen molar-refractivity contribution in [2.75, 3.05) is 0 Å². The average Bonchev–Trinajstić information content (AvgIpc) is 2.80. The largest absolute Gasteiger partial charge is 0.109 e. The zero-order chi connectivity index (χ0) is 25.3. The Morgan fingerprint density at radius 1 is 0.382 bits per heavy atom. The number of allylic oxidation sites excluding steroid dienone is 3. The highest BCUT2D eigenvalue weighted by atomic mass is 28.3. The van der Waals surface area contributed by atoms with Crippen molar-refractivity contribution in [2.24, 2.45) is 0 Å². The summed E-state index contributed by atoms with van der Waals surface area (Å²) in [5, 5.41) is 0. The smallest absolute Gasteiger partial charge is 0.0908 e. The van der Waals surface area contributed by atoms with E-state index < -0.39 is 8.80 Å². The van der Waals surface area contributed by atoms with E-state index in [2.05, 4.69) is 58.6 Å². The lowest BCUT2D eigenvalue weighted by Gasteiger charge is -2.10. The molecule has 0 aliphatic heterocycles. The Morgan fingerprint density at radius 3 is 0.882 bits per heavy atom. The molecule has 0 atom stereocenters. The summed E-state index contributed by atoms with van der Waals surface area (Å²) >= 11 is 0. The Kier molecular flexibility index (Phi) is 25.1. The third-order valence-corrected chi connectivity index (χ3v) is 10.1. The molecule has 0 aliphatic rings. The minimum atomic E-state index is -1.10. The molecule has 0 saturated carbocycles. The van der Waals surface area contributed by atoms with E-state index in [4.69, 9.17) is 0 Å². The second-order valence-corrected chi connectivity index (χ2v) is 13.3. The van der Waals surface area contributed by atoms with Crippen molar-refractivity contribution in [1.82, 2.24) is 0 Å². The van der Waals surface area contributed by atoms with Crippen LogP contribution in [0.3, 0.4) is 0 Å². The second kappa shape index (κ2) is 25.5. The van der Waals surface area contributed by atoms with Gasteiger partial charge in [0.1, 0.15) is 8.80 Å². The average molecular weight is 489 g/mol. The molecule has 1 heteroatoms. The summed E-state index contributed by atoms with van der Waals surface area (Å²) in [5.74, 6) is 0. The topological polar surface area (TPSA) is 0 Å². The van der Waals surface area contributed by atoms with Gasteiger partial charge in [-0.2, -0.15) is 0 Å². The zero-order valence-corrected chi connectivity index (χ0v) is 25.8. The first-order valence-corrected chi connectivity index (χ1v) is 17.5. The van der Waals surface area contributed by atoms with Crippen molar-refractivity contribution in [2.45, 2.75) is 176 Å². The van der Waals surface area contributed by atoms with Crippen LogP contribution in [0.15, 0.2) is 33.8 Å². The van der Waals surface area contributed by atoms with E-state index in [0.717, 1.165) is 0 Å². The van der Waals surface area contributed by atoms with Crippen molar-refractivity contribution in [3.8, 4) is 0 Å². The van der Waals surface area contributed by atoms with Crippen molar-refractivity contribution in [1.29, 1.82) is 0 Å². The summed E-state index contributed by atoms with van der Waals surface area (Å²) < 4.78 is 0. The molecule has 0 bridgehead atoms. The second-order valence-electron chi connectivity index (χ2n) is 11.2. The van der Waals surface area contributed by atoms with E-state index in [1.807, 2.05) is 0 Å². The van der Waals surface area contributed by atoms with Crippen LogP contribution in [-0.4, -0.2) is 8.80 Å². The van der Waals surface area contributed by atoms with Crippen LogP contribution in [0, 0.1) is 0 Å². The minimum Gasteiger partial charge on any atom is -0.0908 e. The number of unbranched alkanes of at least 4 members (excludes halogenated alkanes) is 15. The summed E-state index contributed by atoms with van der Waals surface area (Å²) in [6.45, 7) is 14.1. The van der Waals surface area contributed by atoms with Gasteiger partial charge in [0.2, 0.25) is 0 Å². The lowest BCUT2D eigenvalue weighted by molar-refractivity contribution is 0.606. The molecular formula is C33H64Si. The van der Waals surface area contributed by atoms with Crippen molar-refractivity contribution in [3.05, 3.63) is 33.8 Å². The Hall–Kier alpha value is -0.563. The molecule has 0 aliphatic carbocycles. The van der Waals surface area contributed by atoms with Crippen LogP contribution in [0.5, 0.6) is 0 Å². The lowest BCUT2D eigenvalue weighted by Crippen LogP contribution is -2.06. The van der Waals surface area contributed by atoms with Gasteiger partial charge in [-0.3, -0.25) is 0 Å². The van der Waals surface area contributed by atoms with Crippen molar-refractivity contribution >= 4 is 8.80 Å². The first-order chi connectivity index (χ1) is 16.5. The maximum atomic E-state index is 2.71. The maximum absolute atomic E-state index is 2.71. The minimum absolute atomic E-state index is 1.10. The molecule has 0 rings (SSSR count). The summed E-state index contributed by atoms with van der Waals surface area (Å²) in [6, 6.07) is 0. The summed E-state index contributed by atoms with van der Waals surface area (Å²) in [7, 11) is -1.10. The summed E-state index contributed by atoms with van der Waals surface area (Å²) in [4.78, 5) is 0. The zero-order valence-electron chi connectivity index (χ0n) is 24.7. The molecule has 0 N–H and O–H groups in total. The third-order valence-electron chi connectivity index (χ3n) is 7.20. The predicted octanol–water partition coefficient (Wildman–Crippen LogP) is 11.9. The van der Waals surface area contributed by atoms with Gasteiger partial charge in [-0.1, -0.05) is 151 Å². The van der Waals surface area contributed by atoms with Gasteiger partial charge in [0.05, 0.1) is 0 Å². The number of rotatable bonds is 24. The highest BCUT2D eigenvalue weighted by molar-refractivity contribution is 6.74. The Bertz CT molecular complexity index is 449. The van der Waals surface area contributed by atoms with Gasteiger partial charge in [0.15, 0.2) is 0 Å². The van der Waals surface area contributed by atoms with Gasteiger partial charge < -0.3 is 0 Å². The molecule has 34 heavy (non-hydrogen) atoms. The fourth-order valence-corrected chi connectivity index (χ4v) is 7.69.